The van der Waals surface area contributed by atoms with E-state index in [2.05, 4.69) is 15.2 Å². The molecule has 8 nitrogen and oxygen atoms in total. The lowest BCUT2D eigenvalue weighted by molar-refractivity contribution is -0.830. The zero-order valence-electron chi connectivity index (χ0n) is 11.5. The summed E-state index contributed by atoms with van der Waals surface area (Å²) < 4.78 is 5.33. The SMILES string of the molecule is CO[NH2+]c1ccc(-c2nc(SCC(=O)O)n[nH]2)c(OC)c1. The van der Waals surface area contributed by atoms with E-state index < -0.39 is 5.97 Å². The molecule has 0 aliphatic carbocycles. The minimum atomic E-state index is -0.914. The van der Waals surface area contributed by atoms with Crippen LogP contribution in [0.1, 0.15) is 0 Å². The van der Waals surface area contributed by atoms with Gasteiger partial charge in [-0.05, 0) is 6.07 Å². The second-order valence-corrected chi connectivity index (χ2v) is 4.90. The van der Waals surface area contributed by atoms with Crippen molar-refractivity contribution in [2.24, 2.45) is 0 Å². The van der Waals surface area contributed by atoms with Crippen LogP contribution in [0.3, 0.4) is 0 Å². The van der Waals surface area contributed by atoms with Gasteiger partial charge in [0.2, 0.25) is 5.16 Å². The van der Waals surface area contributed by atoms with Gasteiger partial charge in [-0.3, -0.25) is 9.89 Å². The maximum Gasteiger partial charge on any atom is 0.313 e. The molecule has 0 saturated carbocycles. The summed E-state index contributed by atoms with van der Waals surface area (Å²) in [6.45, 7) is 0. The Hall–Kier alpha value is -2.10. The quantitative estimate of drug-likeness (QED) is 0.385. The topological polar surface area (TPSA) is 114 Å². The van der Waals surface area contributed by atoms with E-state index in [4.69, 9.17) is 14.7 Å². The molecule has 0 spiro atoms. The Morgan fingerprint density at radius 2 is 2.29 bits per heavy atom. The summed E-state index contributed by atoms with van der Waals surface area (Å²) >= 11 is 1.05. The highest BCUT2D eigenvalue weighted by molar-refractivity contribution is 7.99. The molecule has 1 heterocycles. The van der Waals surface area contributed by atoms with Crippen molar-refractivity contribution in [1.82, 2.24) is 15.2 Å². The molecule has 4 N–H and O–H groups in total. The number of ether oxygens (including phenoxy) is 1. The number of thioether (sulfide) groups is 1. The molecular weight excluding hydrogens is 296 g/mol. The van der Waals surface area contributed by atoms with Crippen molar-refractivity contribution in [3.8, 4) is 17.1 Å². The average Bonchev–Trinajstić information content (AvgIpc) is 2.94. The van der Waals surface area contributed by atoms with Crippen LogP contribution in [0, 0.1) is 0 Å². The molecule has 1 aromatic carbocycles. The number of hydrogen-bond donors (Lipinski definition) is 3. The van der Waals surface area contributed by atoms with Gasteiger partial charge < -0.3 is 9.84 Å². The van der Waals surface area contributed by atoms with Crippen molar-refractivity contribution < 1.29 is 25.0 Å². The monoisotopic (exact) mass is 311 g/mol. The van der Waals surface area contributed by atoms with Crippen LogP contribution in [0.15, 0.2) is 23.4 Å². The van der Waals surface area contributed by atoms with Crippen molar-refractivity contribution >= 4 is 23.4 Å². The Bertz CT molecular complexity index is 631. The van der Waals surface area contributed by atoms with Gasteiger partial charge in [-0.25, -0.2) is 9.82 Å². The predicted octanol–water partition coefficient (Wildman–Crippen LogP) is 0.413. The number of aromatic nitrogens is 3. The van der Waals surface area contributed by atoms with Gasteiger partial charge in [0.05, 0.1) is 25.5 Å². The van der Waals surface area contributed by atoms with Crippen LogP contribution < -0.4 is 10.2 Å². The van der Waals surface area contributed by atoms with Crippen LogP contribution in [-0.2, 0) is 9.63 Å². The van der Waals surface area contributed by atoms with E-state index in [0.29, 0.717) is 16.7 Å². The van der Waals surface area contributed by atoms with Crippen molar-refractivity contribution in [3.05, 3.63) is 18.2 Å². The zero-order chi connectivity index (χ0) is 15.2. The number of carbonyl (C=O) groups is 1. The Balaban J connectivity index is 2.22. The molecule has 1 aromatic heterocycles. The van der Waals surface area contributed by atoms with Gasteiger partial charge in [0, 0.05) is 12.1 Å². The summed E-state index contributed by atoms with van der Waals surface area (Å²) in [6.07, 6.45) is 0. The van der Waals surface area contributed by atoms with E-state index in [0.717, 1.165) is 23.0 Å². The van der Waals surface area contributed by atoms with Crippen LogP contribution >= 0.6 is 11.8 Å². The molecule has 0 aliphatic rings. The molecule has 0 radical (unpaired) electrons. The molecule has 0 bridgehead atoms. The summed E-state index contributed by atoms with van der Waals surface area (Å²) in [4.78, 5) is 19.7. The first-order valence-electron chi connectivity index (χ1n) is 5.95. The number of aromatic amines is 1. The fourth-order valence-corrected chi connectivity index (χ4v) is 2.19. The Morgan fingerprint density at radius 3 is 2.95 bits per heavy atom. The normalized spacial score (nSPS) is 10.6. The molecular formula is C12H15N4O4S+. The number of carboxylic acid groups (broad SMARTS) is 1. The second kappa shape index (κ2) is 7.07. The van der Waals surface area contributed by atoms with Crippen LogP contribution in [-0.4, -0.2) is 46.2 Å². The maximum absolute atomic E-state index is 10.5. The molecule has 0 amide bonds. The molecule has 0 unspecified atom stereocenters. The maximum atomic E-state index is 10.5. The van der Waals surface area contributed by atoms with Gasteiger partial charge >= 0.3 is 5.97 Å². The number of quaternary nitrogens is 1. The van der Waals surface area contributed by atoms with Crippen LogP contribution in [0.2, 0.25) is 0 Å². The van der Waals surface area contributed by atoms with E-state index >= 15 is 0 Å². The molecule has 0 aliphatic heterocycles. The number of nitrogens with zero attached hydrogens (tertiary/aromatic N) is 2. The number of aliphatic carboxylic acids is 1. The van der Waals surface area contributed by atoms with Crippen molar-refractivity contribution in [1.29, 1.82) is 0 Å². The predicted molar refractivity (Wildman–Crippen MR) is 75.3 cm³/mol. The van der Waals surface area contributed by atoms with E-state index in [-0.39, 0.29) is 5.75 Å². The summed E-state index contributed by atoms with van der Waals surface area (Å²) in [5.41, 5.74) is 3.19. The Labute approximate surface area is 124 Å². The summed E-state index contributed by atoms with van der Waals surface area (Å²) in [5.74, 6) is 0.134. The smallest absolute Gasteiger partial charge is 0.313 e. The lowest BCUT2D eigenvalue weighted by Crippen LogP contribution is -2.75. The van der Waals surface area contributed by atoms with E-state index in [1.165, 1.54) is 0 Å². The van der Waals surface area contributed by atoms with E-state index in [1.807, 2.05) is 18.2 Å². The second-order valence-electron chi connectivity index (χ2n) is 3.96. The molecule has 112 valence electrons. The summed E-state index contributed by atoms with van der Waals surface area (Å²) in [7, 11) is 3.13. The van der Waals surface area contributed by atoms with E-state index in [9.17, 15) is 4.79 Å². The summed E-state index contributed by atoms with van der Waals surface area (Å²) in [6, 6.07) is 5.50. The number of nitrogens with two attached hydrogens (primary N) is 1. The number of rotatable bonds is 7. The van der Waals surface area contributed by atoms with Gasteiger partial charge in [0.15, 0.2) is 11.5 Å². The molecule has 2 aromatic rings. The Morgan fingerprint density at radius 1 is 1.48 bits per heavy atom. The molecule has 9 heteroatoms. The van der Waals surface area contributed by atoms with Crippen molar-refractivity contribution in [2.45, 2.75) is 5.16 Å². The standard InChI is InChI=1S/C12H14N4O4S/c1-19-9-5-7(16-20-2)3-4-8(9)11-13-12(15-14-11)21-6-10(17)18/h3-5,16H,6H2,1-2H3,(H,17,18)(H,13,14,15)/p+1. The molecule has 0 atom stereocenters. The number of carboxylic acids is 1. The van der Waals surface area contributed by atoms with E-state index in [1.54, 1.807) is 19.7 Å². The van der Waals surface area contributed by atoms with Crippen LogP contribution in [0.25, 0.3) is 11.4 Å². The third kappa shape index (κ3) is 3.94. The van der Waals surface area contributed by atoms with Crippen LogP contribution in [0.5, 0.6) is 5.75 Å². The van der Waals surface area contributed by atoms with Crippen molar-refractivity contribution in [2.75, 3.05) is 20.0 Å². The molecule has 21 heavy (non-hydrogen) atoms. The highest BCUT2D eigenvalue weighted by Gasteiger charge is 2.14. The van der Waals surface area contributed by atoms with Gasteiger partial charge in [0.1, 0.15) is 5.75 Å². The molecule has 2 rings (SSSR count). The van der Waals surface area contributed by atoms with Gasteiger partial charge in [0.25, 0.3) is 0 Å². The summed E-state index contributed by atoms with van der Waals surface area (Å²) in [5, 5.41) is 15.8. The minimum absolute atomic E-state index is 0.0871. The molecule has 0 fully saturated rings. The highest BCUT2D eigenvalue weighted by atomic mass is 32.2. The first-order valence-corrected chi connectivity index (χ1v) is 6.94. The van der Waals surface area contributed by atoms with Gasteiger partial charge in [-0.1, -0.05) is 11.8 Å². The lowest BCUT2D eigenvalue weighted by atomic mass is 10.1. The number of hydrogen-bond acceptors (Lipinski definition) is 6. The highest BCUT2D eigenvalue weighted by Crippen LogP contribution is 2.29. The lowest BCUT2D eigenvalue weighted by Gasteiger charge is -2.06. The molecule has 0 saturated heterocycles. The number of H-pyrrole nitrogens is 1. The first-order chi connectivity index (χ1) is 10.1. The first kappa shape index (κ1) is 15.3. The van der Waals surface area contributed by atoms with Crippen molar-refractivity contribution in [3.63, 3.8) is 0 Å². The third-order valence-electron chi connectivity index (χ3n) is 2.52. The Kier molecular flexibility index (Phi) is 5.14. The van der Waals surface area contributed by atoms with Crippen LogP contribution in [0.4, 0.5) is 5.69 Å². The average molecular weight is 311 g/mol. The zero-order valence-corrected chi connectivity index (χ0v) is 12.3. The van der Waals surface area contributed by atoms with Gasteiger partial charge in [-0.2, -0.15) is 5.48 Å². The number of nitrogens with one attached hydrogen (secondary N) is 1. The number of benzene rings is 1. The number of methoxy groups -OCH3 is 1. The fraction of sp³-hybridized carbons (Fsp3) is 0.250. The third-order valence-corrected chi connectivity index (χ3v) is 3.36. The fourth-order valence-electron chi connectivity index (χ4n) is 1.67. The van der Waals surface area contributed by atoms with Gasteiger partial charge in [-0.15, -0.1) is 5.10 Å². The minimum Gasteiger partial charge on any atom is -0.496 e. The largest absolute Gasteiger partial charge is 0.496 e.